The number of anilines is 2. The first-order chi connectivity index (χ1) is 15.9. The molecule has 33 heavy (non-hydrogen) atoms. The Morgan fingerprint density at radius 2 is 1.79 bits per heavy atom. The van der Waals surface area contributed by atoms with Gasteiger partial charge in [-0.25, -0.2) is 13.8 Å². The summed E-state index contributed by atoms with van der Waals surface area (Å²) in [6.45, 7) is 2.10. The van der Waals surface area contributed by atoms with Crippen LogP contribution in [-0.2, 0) is 4.79 Å². The van der Waals surface area contributed by atoms with E-state index in [-0.39, 0.29) is 24.4 Å². The number of rotatable bonds is 7. The van der Waals surface area contributed by atoms with Gasteiger partial charge in [-0.05, 0) is 49.2 Å². The minimum absolute atomic E-state index is 0.149. The molecule has 5 nitrogen and oxygen atoms in total. The van der Waals surface area contributed by atoms with Gasteiger partial charge in [0.15, 0.2) is 5.13 Å². The van der Waals surface area contributed by atoms with E-state index in [1.807, 2.05) is 55.5 Å². The number of para-hydroxylation sites is 2. The second-order valence-corrected chi connectivity index (χ2v) is 8.47. The highest BCUT2D eigenvalue weighted by atomic mass is 32.1. The van der Waals surface area contributed by atoms with Gasteiger partial charge in [0.05, 0.1) is 21.5 Å². The number of thiazole rings is 1. The first-order valence-electron chi connectivity index (χ1n) is 10.4. The Morgan fingerprint density at radius 3 is 2.55 bits per heavy atom. The van der Waals surface area contributed by atoms with Gasteiger partial charge < -0.3 is 5.32 Å². The van der Waals surface area contributed by atoms with Crippen molar-refractivity contribution in [1.82, 2.24) is 10.3 Å². The molecule has 2 amide bonds. The lowest BCUT2D eigenvalue weighted by Gasteiger charge is -2.22. The Balaban J connectivity index is 1.47. The minimum Gasteiger partial charge on any atom is -0.352 e. The van der Waals surface area contributed by atoms with E-state index in [4.69, 9.17) is 0 Å². The Hall–Kier alpha value is -3.65. The number of aryl methyl sites for hydroxylation is 1. The molecule has 0 saturated carbocycles. The standard InChI is InChI=1S/C25H21F2N3O2S/c1-16-7-2-4-9-21(16)30(25-29-20-8-3-5-10-22(20)33-25)23(31)11-6-14-28-24(32)18-13-12-17(26)15-19(18)27/h2-5,7-10,12-13,15H,6,11,14H2,1H3,(H,28,32). The van der Waals surface area contributed by atoms with Gasteiger partial charge in [-0.3, -0.25) is 14.5 Å². The third-order valence-electron chi connectivity index (χ3n) is 5.11. The van der Waals surface area contributed by atoms with Gasteiger partial charge in [-0.2, -0.15) is 0 Å². The average molecular weight is 466 g/mol. The molecule has 4 aromatic rings. The summed E-state index contributed by atoms with van der Waals surface area (Å²) in [5.74, 6) is -2.49. The van der Waals surface area contributed by atoms with Crippen molar-refractivity contribution in [1.29, 1.82) is 0 Å². The van der Waals surface area contributed by atoms with E-state index in [2.05, 4.69) is 10.3 Å². The highest BCUT2D eigenvalue weighted by Gasteiger charge is 2.23. The number of aromatic nitrogens is 1. The lowest BCUT2D eigenvalue weighted by molar-refractivity contribution is -0.118. The topological polar surface area (TPSA) is 62.3 Å². The number of nitrogens with one attached hydrogen (secondary N) is 1. The number of fused-ring (bicyclic) bond motifs is 1. The summed E-state index contributed by atoms with van der Waals surface area (Å²) >= 11 is 1.43. The fraction of sp³-hybridized carbons (Fsp3) is 0.160. The summed E-state index contributed by atoms with van der Waals surface area (Å²) in [6, 6.07) is 18.1. The summed E-state index contributed by atoms with van der Waals surface area (Å²) in [6.07, 6.45) is 0.497. The number of halogens is 2. The molecule has 1 aromatic heterocycles. The zero-order valence-electron chi connectivity index (χ0n) is 17.8. The van der Waals surface area contributed by atoms with Crippen molar-refractivity contribution < 1.29 is 18.4 Å². The highest BCUT2D eigenvalue weighted by Crippen LogP contribution is 2.35. The van der Waals surface area contributed by atoms with E-state index in [1.165, 1.54) is 11.3 Å². The van der Waals surface area contributed by atoms with E-state index < -0.39 is 17.5 Å². The van der Waals surface area contributed by atoms with Crippen LogP contribution in [0.4, 0.5) is 19.6 Å². The SMILES string of the molecule is Cc1ccccc1N(C(=O)CCCNC(=O)c1ccc(F)cc1F)c1nc2ccccc2s1. The molecule has 0 aliphatic rings. The molecule has 0 saturated heterocycles. The van der Waals surface area contributed by atoms with Crippen molar-refractivity contribution in [3.8, 4) is 0 Å². The maximum atomic E-state index is 13.8. The van der Waals surface area contributed by atoms with Crippen LogP contribution in [0.15, 0.2) is 66.7 Å². The Bertz CT molecular complexity index is 1290. The van der Waals surface area contributed by atoms with Crippen molar-refractivity contribution in [2.24, 2.45) is 0 Å². The van der Waals surface area contributed by atoms with Crippen molar-refractivity contribution in [3.63, 3.8) is 0 Å². The summed E-state index contributed by atoms with van der Waals surface area (Å²) in [4.78, 5) is 31.7. The molecule has 0 fully saturated rings. The van der Waals surface area contributed by atoms with Gasteiger partial charge in [0.25, 0.3) is 5.91 Å². The van der Waals surface area contributed by atoms with E-state index in [1.54, 1.807) is 4.90 Å². The molecule has 1 heterocycles. The van der Waals surface area contributed by atoms with Gasteiger partial charge in [-0.1, -0.05) is 41.7 Å². The first kappa shape index (κ1) is 22.5. The number of benzene rings is 3. The fourth-order valence-corrected chi connectivity index (χ4v) is 4.43. The first-order valence-corrected chi connectivity index (χ1v) is 11.2. The van der Waals surface area contributed by atoms with Gasteiger partial charge in [0.2, 0.25) is 5.91 Å². The Kier molecular flexibility index (Phi) is 6.74. The van der Waals surface area contributed by atoms with Crippen LogP contribution >= 0.6 is 11.3 Å². The molecule has 168 valence electrons. The molecular formula is C25H21F2N3O2S. The molecular weight excluding hydrogens is 444 g/mol. The van der Waals surface area contributed by atoms with Crippen LogP contribution in [-0.4, -0.2) is 23.3 Å². The molecule has 0 radical (unpaired) electrons. The molecule has 0 aliphatic heterocycles. The van der Waals surface area contributed by atoms with Crippen LogP contribution in [0.3, 0.4) is 0 Å². The maximum Gasteiger partial charge on any atom is 0.254 e. The second-order valence-electron chi connectivity index (χ2n) is 7.46. The third kappa shape index (κ3) is 5.06. The van der Waals surface area contributed by atoms with E-state index in [0.717, 1.165) is 33.6 Å². The van der Waals surface area contributed by atoms with Crippen molar-refractivity contribution in [3.05, 3.63) is 89.5 Å². The summed E-state index contributed by atoms with van der Waals surface area (Å²) in [5, 5.41) is 3.16. The van der Waals surface area contributed by atoms with E-state index in [0.29, 0.717) is 17.6 Å². The number of hydrogen-bond acceptors (Lipinski definition) is 4. The average Bonchev–Trinajstić information content (AvgIpc) is 3.21. The lowest BCUT2D eigenvalue weighted by atomic mass is 10.1. The van der Waals surface area contributed by atoms with E-state index in [9.17, 15) is 18.4 Å². The predicted molar refractivity (Wildman–Crippen MR) is 126 cm³/mol. The van der Waals surface area contributed by atoms with Crippen LogP contribution in [0.5, 0.6) is 0 Å². The molecule has 3 aromatic carbocycles. The number of amides is 2. The number of hydrogen-bond donors (Lipinski definition) is 1. The zero-order chi connectivity index (χ0) is 23.4. The number of carbonyl (C=O) groups excluding carboxylic acids is 2. The van der Waals surface area contributed by atoms with Crippen LogP contribution in [0, 0.1) is 18.6 Å². The van der Waals surface area contributed by atoms with Crippen LogP contribution in [0.25, 0.3) is 10.2 Å². The second kappa shape index (κ2) is 9.87. The van der Waals surface area contributed by atoms with Gasteiger partial charge >= 0.3 is 0 Å². The highest BCUT2D eigenvalue weighted by molar-refractivity contribution is 7.22. The Morgan fingerprint density at radius 1 is 1.03 bits per heavy atom. The predicted octanol–water partition coefficient (Wildman–Crippen LogP) is 5.76. The third-order valence-corrected chi connectivity index (χ3v) is 6.13. The molecule has 0 unspecified atom stereocenters. The molecule has 0 spiro atoms. The fourth-order valence-electron chi connectivity index (χ4n) is 3.44. The lowest BCUT2D eigenvalue weighted by Crippen LogP contribution is -2.29. The molecule has 0 atom stereocenters. The van der Waals surface area contributed by atoms with Crippen LogP contribution in [0.1, 0.15) is 28.8 Å². The molecule has 4 rings (SSSR count). The quantitative estimate of drug-likeness (QED) is 0.353. The number of carbonyl (C=O) groups is 2. The molecule has 0 bridgehead atoms. The smallest absolute Gasteiger partial charge is 0.254 e. The van der Waals surface area contributed by atoms with Gasteiger partial charge in [0, 0.05) is 19.0 Å². The van der Waals surface area contributed by atoms with Crippen molar-refractivity contribution in [2.75, 3.05) is 11.4 Å². The minimum atomic E-state index is -0.926. The molecule has 8 heteroatoms. The summed E-state index contributed by atoms with van der Waals surface area (Å²) in [5.41, 5.74) is 2.26. The van der Waals surface area contributed by atoms with Gasteiger partial charge in [0.1, 0.15) is 11.6 Å². The summed E-state index contributed by atoms with van der Waals surface area (Å²) < 4.78 is 27.8. The summed E-state index contributed by atoms with van der Waals surface area (Å²) in [7, 11) is 0. The van der Waals surface area contributed by atoms with Crippen LogP contribution < -0.4 is 10.2 Å². The van der Waals surface area contributed by atoms with E-state index >= 15 is 0 Å². The monoisotopic (exact) mass is 465 g/mol. The normalized spacial score (nSPS) is 10.9. The number of nitrogens with zero attached hydrogens (tertiary/aromatic N) is 2. The maximum absolute atomic E-state index is 13.8. The molecule has 1 N–H and O–H groups in total. The molecule has 0 aliphatic carbocycles. The van der Waals surface area contributed by atoms with Crippen LogP contribution in [0.2, 0.25) is 0 Å². The largest absolute Gasteiger partial charge is 0.352 e. The Labute approximate surface area is 193 Å². The van der Waals surface area contributed by atoms with Gasteiger partial charge in [-0.15, -0.1) is 0 Å². The van der Waals surface area contributed by atoms with Crippen molar-refractivity contribution in [2.45, 2.75) is 19.8 Å². The van der Waals surface area contributed by atoms with Crippen molar-refractivity contribution >= 4 is 44.2 Å². The zero-order valence-corrected chi connectivity index (χ0v) is 18.7.